The first-order valence-electron chi connectivity index (χ1n) is 6.16. The van der Waals surface area contributed by atoms with Gasteiger partial charge in [0.25, 0.3) is 0 Å². The van der Waals surface area contributed by atoms with Gasteiger partial charge in [-0.1, -0.05) is 26.7 Å². The van der Waals surface area contributed by atoms with E-state index in [1.807, 2.05) is 13.8 Å². The van der Waals surface area contributed by atoms with Gasteiger partial charge in [-0.05, 0) is 18.8 Å². The van der Waals surface area contributed by atoms with E-state index in [-0.39, 0.29) is 18.2 Å². The average molecular weight is 242 g/mol. The normalized spacial score (nSPS) is 20.2. The maximum atomic E-state index is 11.9. The van der Waals surface area contributed by atoms with Crippen molar-refractivity contribution < 1.29 is 14.7 Å². The van der Waals surface area contributed by atoms with Crippen molar-refractivity contribution in [2.45, 2.75) is 57.5 Å². The fourth-order valence-corrected chi connectivity index (χ4v) is 2.33. The maximum absolute atomic E-state index is 11.9. The molecule has 0 bridgehead atoms. The van der Waals surface area contributed by atoms with Crippen LogP contribution in [0.25, 0.3) is 0 Å². The zero-order valence-corrected chi connectivity index (χ0v) is 10.5. The second-order valence-electron chi connectivity index (χ2n) is 5.32. The number of carbonyl (C=O) groups is 2. The second kappa shape index (κ2) is 5.49. The molecule has 98 valence electrons. The average Bonchev–Trinajstić information content (AvgIpc) is 2.63. The summed E-state index contributed by atoms with van der Waals surface area (Å²) in [4.78, 5) is 22.8. The first kappa shape index (κ1) is 14.0. The van der Waals surface area contributed by atoms with Crippen molar-refractivity contribution in [3.8, 4) is 0 Å². The lowest BCUT2D eigenvalue weighted by Crippen LogP contribution is -2.54. The summed E-state index contributed by atoms with van der Waals surface area (Å²) in [6.07, 6.45) is 3.38. The largest absolute Gasteiger partial charge is 0.481 e. The minimum absolute atomic E-state index is 0.0104. The highest BCUT2D eigenvalue weighted by molar-refractivity contribution is 5.83. The summed E-state index contributed by atoms with van der Waals surface area (Å²) < 4.78 is 0. The van der Waals surface area contributed by atoms with Crippen LogP contribution in [0.5, 0.6) is 0 Å². The molecule has 1 rings (SSSR count). The Balaban J connectivity index is 2.67. The third-order valence-corrected chi connectivity index (χ3v) is 3.46. The van der Waals surface area contributed by atoms with Gasteiger partial charge in [0.1, 0.15) is 0 Å². The Morgan fingerprint density at radius 3 is 2.29 bits per heavy atom. The predicted octanol–water partition coefficient (Wildman–Crippen LogP) is 0.873. The smallest absolute Gasteiger partial charge is 0.305 e. The van der Waals surface area contributed by atoms with Gasteiger partial charge >= 0.3 is 5.97 Å². The van der Waals surface area contributed by atoms with Crippen molar-refractivity contribution in [3.05, 3.63) is 0 Å². The van der Waals surface area contributed by atoms with Crippen LogP contribution in [0, 0.1) is 5.92 Å². The van der Waals surface area contributed by atoms with Gasteiger partial charge in [-0.25, -0.2) is 0 Å². The molecule has 4 N–H and O–H groups in total. The van der Waals surface area contributed by atoms with Gasteiger partial charge in [-0.15, -0.1) is 0 Å². The summed E-state index contributed by atoms with van der Waals surface area (Å²) in [5, 5.41) is 11.8. The molecule has 0 radical (unpaired) electrons. The van der Waals surface area contributed by atoms with Crippen LogP contribution in [-0.2, 0) is 9.59 Å². The molecule has 1 saturated carbocycles. The molecule has 0 heterocycles. The minimum atomic E-state index is -0.870. The number of aliphatic carboxylic acids is 1. The van der Waals surface area contributed by atoms with E-state index >= 15 is 0 Å². The Bertz CT molecular complexity index is 296. The third-order valence-electron chi connectivity index (χ3n) is 3.46. The van der Waals surface area contributed by atoms with Gasteiger partial charge in [0.2, 0.25) is 5.91 Å². The van der Waals surface area contributed by atoms with Crippen molar-refractivity contribution >= 4 is 11.9 Å². The number of rotatable bonds is 5. The van der Waals surface area contributed by atoms with E-state index in [0.29, 0.717) is 0 Å². The molecule has 1 unspecified atom stereocenters. The van der Waals surface area contributed by atoms with Crippen molar-refractivity contribution in [1.82, 2.24) is 5.32 Å². The van der Waals surface area contributed by atoms with Gasteiger partial charge in [-0.2, -0.15) is 0 Å². The van der Waals surface area contributed by atoms with Crippen LogP contribution in [0.1, 0.15) is 46.0 Å². The summed E-state index contributed by atoms with van der Waals surface area (Å²) in [6, 6.07) is -0.568. The number of carbonyl (C=O) groups excluding carboxylic acids is 1. The van der Waals surface area contributed by atoms with Crippen LogP contribution in [0.2, 0.25) is 0 Å². The molecule has 1 amide bonds. The zero-order valence-electron chi connectivity index (χ0n) is 10.5. The van der Waals surface area contributed by atoms with Crippen LogP contribution in [0.15, 0.2) is 0 Å². The van der Waals surface area contributed by atoms with Gasteiger partial charge in [0.15, 0.2) is 0 Å². The Kier molecular flexibility index (Phi) is 4.51. The van der Waals surface area contributed by atoms with E-state index in [1.54, 1.807) is 0 Å². The highest BCUT2D eigenvalue weighted by atomic mass is 16.4. The molecule has 0 saturated heterocycles. The quantitative estimate of drug-likeness (QED) is 0.667. The first-order chi connectivity index (χ1) is 7.86. The van der Waals surface area contributed by atoms with E-state index < -0.39 is 17.6 Å². The highest BCUT2D eigenvalue weighted by Gasteiger charge is 2.38. The first-order valence-corrected chi connectivity index (χ1v) is 6.16. The number of carboxylic acids is 1. The molecule has 17 heavy (non-hydrogen) atoms. The summed E-state index contributed by atoms with van der Waals surface area (Å²) in [7, 11) is 0. The molecule has 0 aromatic rings. The van der Waals surface area contributed by atoms with Crippen LogP contribution in [0.4, 0.5) is 0 Å². The van der Waals surface area contributed by atoms with Crippen molar-refractivity contribution in [1.29, 1.82) is 0 Å². The number of nitrogens with one attached hydrogen (secondary N) is 1. The molecule has 0 aromatic carbocycles. The molecule has 5 nitrogen and oxygen atoms in total. The molecule has 1 aliphatic rings. The number of amides is 1. The zero-order chi connectivity index (χ0) is 13.1. The lowest BCUT2D eigenvalue weighted by molar-refractivity contribution is -0.139. The Hall–Kier alpha value is -1.10. The standard InChI is InChI=1S/C12H22N2O3/c1-8(2)10(13)11(17)14-12(7-9(15)16)5-3-4-6-12/h8,10H,3-7,13H2,1-2H3,(H,14,17)(H,15,16). The van der Waals surface area contributed by atoms with Crippen LogP contribution >= 0.6 is 0 Å². The van der Waals surface area contributed by atoms with Gasteiger partial charge < -0.3 is 16.2 Å². The maximum Gasteiger partial charge on any atom is 0.305 e. The highest BCUT2D eigenvalue weighted by Crippen LogP contribution is 2.32. The van der Waals surface area contributed by atoms with Gasteiger partial charge in [-0.3, -0.25) is 9.59 Å². The van der Waals surface area contributed by atoms with Gasteiger partial charge in [0, 0.05) is 0 Å². The number of hydrogen-bond donors (Lipinski definition) is 3. The number of nitrogens with two attached hydrogens (primary N) is 1. The molecule has 0 aliphatic heterocycles. The molecule has 5 heteroatoms. The molecule has 1 fully saturated rings. The van der Waals surface area contributed by atoms with E-state index in [0.717, 1.165) is 25.7 Å². The Morgan fingerprint density at radius 1 is 1.35 bits per heavy atom. The van der Waals surface area contributed by atoms with Crippen molar-refractivity contribution in [2.75, 3.05) is 0 Å². The fraction of sp³-hybridized carbons (Fsp3) is 0.833. The van der Waals surface area contributed by atoms with Crippen molar-refractivity contribution in [2.24, 2.45) is 11.7 Å². The summed E-state index contributed by atoms with van der Waals surface area (Å²) in [5.41, 5.74) is 5.19. The minimum Gasteiger partial charge on any atom is -0.481 e. The molecular weight excluding hydrogens is 220 g/mol. The number of carboxylic acid groups (broad SMARTS) is 1. The van der Waals surface area contributed by atoms with Crippen LogP contribution < -0.4 is 11.1 Å². The van der Waals surface area contributed by atoms with Crippen molar-refractivity contribution in [3.63, 3.8) is 0 Å². The molecule has 1 atom stereocenters. The van der Waals surface area contributed by atoms with E-state index in [9.17, 15) is 9.59 Å². The van der Waals surface area contributed by atoms with E-state index in [4.69, 9.17) is 10.8 Å². The lowest BCUT2D eigenvalue weighted by atomic mass is 9.92. The molecular formula is C12H22N2O3. The lowest BCUT2D eigenvalue weighted by Gasteiger charge is -2.30. The molecule has 0 spiro atoms. The summed E-state index contributed by atoms with van der Waals surface area (Å²) >= 11 is 0. The monoisotopic (exact) mass is 242 g/mol. The third kappa shape index (κ3) is 3.70. The Labute approximate surface area is 102 Å². The summed E-state index contributed by atoms with van der Waals surface area (Å²) in [6.45, 7) is 3.76. The Morgan fingerprint density at radius 2 is 1.88 bits per heavy atom. The fourth-order valence-electron chi connectivity index (χ4n) is 2.33. The second-order valence-corrected chi connectivity index (χ2v) is 5.32. The van der Waals surface area contributed by atoms with E-state index in [2.05, 4.69) is 5.32 Å². The topological polar surface area (TPSA) is 92.4 Å². The molecule has 1 aliphatic carbocycles. The van der Waals surface area contributed by atoms with Gasteiger partial charge in [0.05, 0.1) is 18.0 Å². The SMILES string of the molecule is CC(C)C(N)C(=O)NC1(CC(=O)O)CCCC1. The summed E-state index contributed by atoms with van der Waals surface area (Å²) in [5.74, 6) is -1.05. The number of hydrogen-bond acceptors (Lipinski definition) is 3. The van der Waals surface area contributed by atoms with Crippen LogP contribution in [0.3, 0.4) is 0 Å². The molecule has 0 aromatic heterocycles. The van der Waals surface area contributed by atoms with Crippen LogP contribution in [-0.4, -0.2) is 28.6 Å². The predicted molar refractivity (Wildman–Crippen MR) is 64.4 cm³/mol. The van der Waals surface area contributed by atoms with E-state index in [1.165, 1.54) is 0 Å².